The number of hydrogen-bond acceptors (Lipinski definition) is 4. The summed E-state index contributed by atoms with van der Waals surface area (Å²) in [5.74, 6) is 0.433. The van der Waals surface area contributed by atoms with Gasteiger partial charge in [-0.2, -0.15) is 0 Å². The van der Waals surface area contributed by atoms with Gasteiger partial charge in [-0.05, 0) is 25.1 Å². The number of aryl methyl sites for hydroxylation is 1. The number of rotatable bonds is 4. The van der Waals surface area contributed by atoms with Crippen LogP contribution in [0.15, 0.2) is 34.9 Å². The molecule has 0 saturated carbocycles. The van der Waals surface area contributed by atoms with E-state index < -0.39 is 0 Å². The normalized spacial score (nSPS) is 10.1. The van der Waals surface area contributed by atoms with E-state index in [0.717, 1.165) is 15.9 Å². The molecular weight excluding hydrogens is 334 g/mol. The lowest BCUT2D eigenvalue weighted by atomic mass is 10.2. The average molecular weight is 350 g/mol. The van der Waals surface area contributed by atoms with Crippen LogP contribution in [0.2, 0.25) is 0 Å². The number of anilines is 2. The van der Waals surface area contributed by atoms with Crippen LogP contribution in [0, 0.1) is 6.92 Å². The van der Waals surface area contributed by atoms with E-state index in [1.54, 1.807) is 32.5 Å². The van der Waals surface area contributed by atoms with E-state index >= 15 is 0 Å². The molecule has 6 heteroatoms. The van der Waals surface area contributed by atoms with Crippen molar-refractivity contribution in [2.45, 2.75) is 6.92 Å². The van der Waals surface area contributed by atoms with E-state index in [2.05, 4.69) is 31.5 Å². The SMILES string of the molecule is CNc1cc(C)ncc1C(=O)Nc1cc(Br)cc(OC)c1. The molecule has 0 aliphatic heterocycles. The number of ether oxygens (including phenoxy) is 1. The van der Waals surface area contributed by atoms with Gasteiger partial charge in [0.1, 0.15) is 5.75 Å². The fraction of sp³-hybridized carbons (Fsp3) is 0.200. The van der Waals surface area contributed by atoms with Crippen LogP contribution >= 0.6 is 15.9 Å². The van der Waals surface area contributed by atoms with Gasteiger partial charge in [0.25, 0.3) is 5.91 Å². The molecule has 0 unspecified atom stereocenters. The molecule has 110 valence electrons. The Hall–Kier alpha value is -2.08. The molecule has 2 rings (SSSR count). The molecule has 0 atom stereocenters. The second-order valence-electron chi connectivity index (χ2n) is 4.46. The number of carbonyl (C=O) groups is 1. The highest BCUT2D eigenvalue weighted by atomic mass is 79.9. The second-order valence-corrected chi connectivity index (χ2v) is 5.37. The highest BCUT2D eigenvalue weighted by Gasteiger charge is 2.12. The number of amides is 1. The van der Waals surface area contributed by atoms with Crippen LogP contribution in [-0.4, -0.2) is 25.0 Å². The van der Waals surface area contributed by atoms with E-state index in [4.69, 9.17) is 4.74 Å². The number of aromatic nitrogens is 1. The van der Waals surface area contributed by atoms with Gasteiger partial charge in [-0.25, -0.2) is 0 Å². The Bertz CT molecular complexity index is 674. The molecule has 1 aromatic heterocycles. The molecule has 0 aliphatic carbocycles. The van der Waals surface area contributed by atoms with Crippen LogP contribution in [0.1, 0.15) is 16.1 Å². The van der Waals surface area contributed by atoms with Crippen molar-refractivity contribution in [3.05, 3.63) is 46.2 Å². The van der Waals surface area contributed by atoms with Gasteiger partial charge in [-0.3, -0.25) is 9.78 Å². The third-order valence-electron chi connectivity index (χ3n) is 2.92. The number of halogens is 1. The number of nitrogens with one attached hydrogen (secondary N) is 2. The Kier molecular flexibility index (Phi) is 4.80. The Balaban J connectivity index is 2.28. The zero-order valence-corrected chi connectivity index (χ0v) is 13.6. The highest BCUT2D eigenvalue weighted by Crippen LogP contribution is 2.25. The summed E-state index contributed by atoms with van der Waals surface area (Å²) >= 11 is 3.38. The molecule has 1 amide bonds. The number of pyridine rings is 1. The summed E-state index contributed by atoms with van der Waals surface area (Å²) in [5, 5.41) is 5.84. The Labute approximate surface area is 131 Å². The maximum atomic E-state index is 12.4. The molecule has 0 aliphatic rings. The lowest BCUT2D eigenvalue weighted by Crippen LogP contribution is -2.14. The summed E-state index contributed by atoms with van der Waals surface area (Å²) < 4.78 is 6.00. The van der Waals surface area contributed by atoms with Gasteiger partial charge in [0.2, 0.25) is 0 Å². The summed E-state index contributed by atoms with van der Waals surface area (Å²) in [5.41, 5.74) is 2.72. The van der Waals surface area contributed by atoms with Crippen LogP contribution in [-0.2, 0) is 0 Å². The first-order valence-electron chi connectivity index (χ1n) is 6.34. The number of benzene rings is 1. The van der Waals surface area contributed by atoms with Crippen molar-refractivity contribution in [3.63, 3.8) is 0 Å². The quantitative estimate of drug-likeness (QED) is 0.887. The van der Waals surface area contributed by atoms with Gasteiger partial charge in [-0.1, -0.05) is 15.9 Å². The first-order chi connectivity index (χ1) is 10.0. The summed E-state index contributed by atoms with van der Waals surface area (Å²) in [7, 11) is 3.35. The van der Waals surface area contributed by atoms with Crippen molar-refractivity contribution in [3.8, 4) is 5.75 Å². The summed E-state index contributed by atoms with van der Waals surface area (Å²) in [4.78, 5) is 16.5. The Morgan fingerprint density at radius 2 is 2.05 bits per heavy atom. The predicted molar refractivity (Wildman–Crippen MR) is 87.2 cm³/mol. The van der Waals surface area contributed by atoms with Crippen molar-refractivity contribution in [1.29, 1.82) is 0 Å². The van der Waals surface area contributed by atoms with Crippen molar-refractivity contribution in [2.24, 2.45) is 0 Å². The maximum Gasteiger partial charge on any atom is 0.259 e. The fourth-order valence-electron chi connectivity index (χ4n) is 1.90. The molecule has 0 fully saturated rings. The monoisotopic (exact) mass is 349 g/mol. The summed E-state index contributed by atoms with van der Waals surface area (Å²) in [6.45, 7) is 1.88. The Morgan fingerprint density at radius 3 is 2.71 bits per heavy atom. The summed E-state index contributed by atoms with van der Waals surface area (Å²) in [6.07, 6.45) is 1.56. The van der Waals surface area contributed by atoms with Gasteiger partial charge in [-0.15, -0.1) is 0 Å². The minimum atomic E-state index is -0.230. The lowest BCUT2D eigenvalue weighted by molar-refractivity contribution is 0.102. The smallest absolute Gasteiger partial charge is 0.259 e. The second kappa shape index (κ2) is 6.58. The maximum absolute atomic E-state index is 12.4. The van der Waals surface area contributed by atoms with Crippen molar-refractivity contribution in [2.75, 3.05) is 24.8 Å². The van der Waals surface area contributed by atoms with Crippen molar-refractivity contribution in [1.82, 2.24) is 4.98 Å². The highest BCUT2D eigenvalue weighted by molar-refractivity contribution is 9.10. The molecular formula is C15H16BrN3O2. The summed E-state index contributed by atoms with van der Waals surface area (Å²) in [6, 6.07) is 7.21. The van der Waals surface area contributed by atoms with Gasteiger partial charge in [0.15, 0.2) is 0 Å². The van der Waals surface area contributed by atoms with Gasteiger partial charge < -0.3 is 15.4 Å². The standard InChI is InChI=1S/C15H16BrN3O2/c1-9-4-14(17-2)13(8-18-9)15(20)19-11-5-10(16)6-12(7-11)21-3/h4-8H,1-3H3,(H,17,18)(H,19,20). The van der Waals surface area contributed by atoms with Crippen molar-refractivity contribution >= 4 is 33.2 Å². The number of carbonyl (C=O) groups excluding carboxylic acids is 1. The molecule has 0 saturated heterocycles. The van der Waals surface area contributed by atoms with Crippen LogP contribution in [0.25, 0.3) is 0 Å². The van der Waals surface area contributed by atoms with E-state index in [0.29, 0.717) is 17.0 Å². The zero-order chi connectivity index (χ0) is 15.4. The topological polar surface area (TPSA) is 63.2 Å². The van der Waals surface area contributed by atoms with Crippen LogP contribution in [0.5, 0.6) is 5.75 Å². The number of nitrogens with zero attached hydrogens (tertiary/aromatic N) is 1. The molecule has 1 heterocycles. The fourth-order valence-corrected chi connectivity index (χ4v) is 2.37. The predicted octanol–water partition coefficient (Wildman–Crippen LogP) is 3.46. The van der Waals surface area contributed by atoms with E-state index in [1.165, 1.54) is 0 Å². The van der Waals surface area contributed by atoms with E-state index in [-0.39, 0.29) is 5.91 Å². The van der Waals surface area contributed by atoms with E-state index in [1.807, 2.05) is 19.1 Å². The molecule has 21 heavy (non-hydrogen) atoms. The first-order valence-corrected chi connectivity index (χ1v) is 7.13. The van der Waals surface area contributed by atoms with Gasteiger partial charge in [0.05, 0.1) is 18.4 Å². The van der Waals surface area contributed by atoms with Crippen molar-refractivity contribution < 1.29 is 9.53 Å². The molecule has 0 spiro atoms. The molecule has 2 aromatic rings. The first kappa shape index (κ1) is 15.3. The minimum Gasteiger partial charge on any atom is -0.497 e. The third kappa shape index (κ3) is 3.72. The zero-order valence-electron chi connectivity index (χ0n) is 12.0. The lowest BCUT2D eigenvalue weighted by Gasteiger charge is -2.11. The Morgan fingerprint density at radius 1 is 1.29 bits per heavy atom. The molecule has 0 radical (unpaired) electrons. The van der Waals surface area contributed by atoms with Crippen LogP contribution in [0.3, 0.4) is 0 Å². The minimum absolute atomic E-state index is 0.230. The van der Waals surface area contributed by atoms with Crippen LogP contribution < -0.4 is 15.4 Å². The third-order valence-corrected chi connectivity index (χ3v) is 3.38. The van der Waals surface area contributed by atoms with Gasteiger partial charge >= 0.3 is 0 Å². The molecule has 0 bridgehead atoms. The number of hydrogen-bond donors (Lipinski definition) is 2. The molecule has 2 N–H and O–H groups in total. The largest absolute Gasteiger partial charge is 0.497 e. The molecule has 5 nitrogen and oxygen atoms in total. The van der Waals surface area contributed by atoms with Gasteiger partial charge in [0, 0.05) is 35.2 Å². The average Bonchev–Trinajstić information content (AvgIpc) is 2.46. The van der Waals surface area contributed by atoms with E-state index in [9.17, 15) is 4.79 Å². The van der Waals surface area contributed by atoms with Crippen LogP contribution in [0.4, 0.5) is 11.4 Å². The molecule has 1 aromatic carbocycles. The number of methoxy groups -OCH3 is 1.